The fraction of sp³-hybridized carbons (Fsp3) is 0.898. The van der Waals surface area contributed by atoms with E-state index in [1.165, 1.54) is 0 Å². The van der Waals surface area contributed by atoms with E-state index in [2.05, 4.69) is 40.9 Å². The molecule has 19 heteroatoms. The minimum Gasteiger partial charge on any atom is -0.481 e. The van der Waals surface area contributed by atoms with Crippen molar-refractivity contribution in [3.8, 4) is 0 Å². The van der Waals surface area contributed by atoms with E-state index >= 15 is 0 Å². The number of carboxylic acids is 1. The summed E-state index contributed by atoms with van der Waals surface area (Å²) in [7, 11) is 0. The van der Waals surface area contributed by atoms with Crippen LogP contribution in [0.2, 0.25) is 0 Å². The molecule has 16 saturated heterocycles. The predicted octanol–water partition coefficient (Wildman–Crippen LogP) is 5.66. The van der Waals surface area contributed by atoms with Crippen LogP contribution in [0, 0.1) is 23.7 Å². The van der Waals surface area contributed by atoms with E-state index in [0.717, 1.165) is 43.3 Å². The zero-order chi connectivity index (χ0) is 53.3. The minimum absolute atomic E-state index is 0.00942. The molecule has 0 aromatic heterocycles. The van der Waals surface area contributed by atoms with Gasteiger partial charge in [-0.1, -0.05) is 40.9 Å². The molecule has 31 atom stereocenters. The summed E-state index contributed by atoms with van der Waals surface area (Å²) in [6, 6.07) is 0. The number of hydrogen-bond acceptors (Lipinski definition) is 18. The smallest absolute Gasteiger partial charge is 0.308 e. The molecule has 16 aliphatic rings. The number of hydrogen-bond donors (Lipinski definition) is 2. The van der Waals surface area contributed by atoms with E-state index in [1.54, 1.807) is 0 Å². The lowest BCUT2D eigenvalue weighted by Crippen LogP contribution is -2.62. The van der Waals surface area contributed by atoms with Crippen LogP contribution in [-0.2, 0) is 80.6 Å². The normalized spacial score (nSPS) is 58.0. The average Bonchev–Trinajstić information content (AvgIpc) is 4.15. The van der Waals surface area contributed by atoms with Gasteiger partial charge in [0.2, 0.25) is 0 Å². The highest BCUT2D eigenvalue weighted by Gasteiger charge is 2.70. The molecule has 16 rings (SSSR count). The molecule has 19 nitrogen and oxygen atoms in total. The molecule has 3 spiro atoms. The number of carbonyl (C=O) groups is 2. The summed E-state index contributed by atoms with van der Waals surface area (Å²) in [5, 5.41) is 20.4. The van der Waals surface area contributed by atoms with Crippen LogP contribution >= 0.6 is 0 Å². The molecule has 12 bridgehead atoms. The fourth-order valence-electron chi connectivity index (χ4n) is 18.0. The van der Waals surface area contributed by atoms with Crippen LogP contribution in [0.25, 0.3) is 0 Å². The van der Waals surface area contributed by atoms with Crippen LogP contribution in [0.15, 0.2) is 24.3 Å². The molecule has 0 aromatic carbocycles. The number of fused-ring (bicyclic) bond motifs is 10. The summed E-state index contributed by atoms with van der Waals surface area (Å²) in [5.41, 5.74) is 2.14. The molecule has 0 saturated carbocycles. The minimum atomic E-state index is -1.00. The maximum absolute atomic E-state index is 14.6. The molecular weight excluding hydrogens is 1010 g/mol. The Morgan fingerprint density at radius 2 is 1.18 bits per heavy atom. The SMILES string of the molecule is C=C1C[C@@H]2CC[C@@]34CC5O[C@@H]6C(O[C@H]7CC[C@H](CC(=O)O[C@@H]8[C@@H](C)[C@@H]9O[C@@H]%10C[C@]%11(C[C@@H]%12O[C@]%13(C[C@H](C)[C@@H]%14O[C@H](CC(=O)O)[C@H](O)C[C@@H]%14O%13)C[C@H](C)[C@@H]%12O%11)O[C@@H]%10C[C@@H]9O[C@H]8C[C@H]8O[C@@H](CC[C@@H]1O2)C[C@@H](C)C8=C)O[C@@H]7[C@@H]6O3)[C@@H]5O4. The summed E-state index contributed by atoms with van der Waals surface area (Å²) >= 11 is 0. The van der Waals surface area contributed by atoms with Crippen LogP contribution in [0.4, 0.5) is 0 Å². The van der Waals surface area contributed by atoms with Gasteiger partial charge in [-0.15, -0.1) is 0 Å². The van der Waals surface area contributed by atoms with E-state index in [9.17, 15) is 19.8 Å². The van der Waals surface area contributed by atoms with Gasteiger partial charge in [0.1, 0.15) is 36.6 Å². The summed E-state index contributed by atoms with van der Waals surface area (Å²) in [6.45, 7) is 17.7. The lowest BCUT2D eigenvalue weighted by Gasteiger charge is -2.54. The Labute approximate surface area is 456 Å². The van der Waals surface area contributed by atoms with Crippen molar-refractivity contribution in [2.45, 2.75) is 307 Å². The van der Waals surface area contributed by atoms with Gasteiger partial charge in [0.15, 0.2) is 17.4 Å². The first-order valence-electron chi connectivity index (χ1n) is 30.2. The highest BCUT2D eigenvalue weighted by molar-refractivity contribution is 5.70. The number of carboxylic acid groups (broad SMARTS) is 1. The maximum Gasteiger partial charge on any atom is 0.308 e. The molecule has 16 heterocycles. The van der Waals surface area contributed by atoms with E-state index in [4.69, 9.17) is 71.1 Å². The Bertz CT molecular complexity index is 2370. The van der Waals surface area contributed by atoms with E-state index in [-0.39, 0.29) is 147 Å². The first kappa shape index (κ1) is 52.6. The Morgan fingerprint density at radius 1 is 0.513 bits per heavy atom. The third kappa shape index (κ3) is 8.98. The van der Waals surface area contributed by atoms with Gasteiger partial charge in [0.05, 0.1) is 123 Å². The number of aliphatic hydroxyl groups excluding tert-OH is 1. The molecule has 0 amide bonds. The van der Waals surface area contributed by atoms with Crippen molar-refractivity contribution < 1.29 is 90.9 Å². The topological polar surface area (TPSA) is 213 Å². The van der Waals surface area contributed by atoms with Gasteiger partial charge < -0.3 is 81.3 Å². The van der Waals surface area contributed by atoms with Crippen molar-refractivity contribution >= 4 is 11.9 Å². The summed E-state index contributed by atoms with van der Waals surface area (Å²) < 4.78 is 103. The Hall–Kier alpha value is -2.18. The zero-order valence-corrected chi connectivity index (χ0v) is 45.6. The van der Waals surface area contributed by atoms with Gasteiger partial charge >= 0.3 is 11.9 Å². The second-order valence-corrected chi connectivity index (χ2v) is 27.1. The van der Waals surface area contributed by atoms with Crippen molar-refractivity contribution in [2.75, 3.05) is 0 Å². The molecule has 0 aliphatic carbocycles. The van der Waals surface area contributed by atoms with Gasteiger partial charge in [-0.05, 0) is 73.8 Å². The van der Waals surface area contributed by atoms with Gasteiger partial charge in [0.25, 0.3) is 0 Å². The zero-order valence-electron chi connectivity index (χ0n) is 45.6. The number of ether oxygens (including phenoxy) is 15. The number of esters is 1. The quantitative estimate of drug-likeness (QED) is 0.252. The Balaban J connectivity index is 0.661. The highest BCUT2D eigenvalue weighted by atomic mass is 16.8. The molecule has 0 aromatic rings. The molecule has 2 N–H and O–H groups in total. The average molecular weight is 1100 g/mol. The third-order valence-corrected chi connectivity index (χ3v) is 21.6. The van der Waals surface area contributed by atoms with Gasteiger partial charge in [-0.3, -0.25) is 9.59 Å². The standard InChI is InChI=1S/C59H82O19/c1-25-13-31-7-9-35-26(2)14-33(64-35)11-12-57-23-44-53(77-57)54-55(71-44)56(78-57)52-36(68-54)10-8-32(66-52)15-47(63)72-51-30(6)50-41(67-40(51)17-37(65-31)29(25)5)18-39-43(70-50)22-59(73-39)24-45-49(76-59)28(4)21-58(75-45)20-27(3)48-42(74-58)16-34(60)38(69-48)19-46(61)62/h25,27-28,30-45,48-56,60H,2,5,7-24H2,1,3-4,6H3,(H,61,62)/t25-,27+,28+,30+,31+,32-,33+,34-,35+,36+,37-,38-,39-,40+,41+,42+,43-,44?,45+,48+,49+,50+,51-,52+,53-,54?,55-,56+,57+,58-,59+/m1/s1. The van der Waals surface area contributed by atoms with Crippen molar-refractivity contribution in [1.82, 2.24) is 0 Å². The van der Waals surface area contributed by atoms with Crippen molar-refractivity contribution in [1.29, 1.82) is 0 Å². The van der Waals surface area contributed by atoms with E-state index < -0.39 is 72.2 Å². The Kier molecular flexibility index (Phi) is 13.1. The van der Waals surface area contributed by atoms with Crippen LogP contribution in [0.3, 0.4) is 0 Å². The van der Waals surface area contributed by atoms with Crippen LogP contribution in [0.5, 0.6) is 0 Å². The van der Waals surface area contributed by atoms with Crippen LogP contribution < -0.4 is 0 Å². The van der Waals surface area contributed by atoms with Crippen molar-refractivity contribution in [3.63, 3.8) is 0 Å². The number of rotatable bonds is 2. The van der Waals surface area contributed by atoms with E-state index in [0.29, 0.717) is 64.2 Å². The molecule has 16 fully saturated rings. The highest BCUT2D eigenvalue weighted by Crippen LogP contribution is 2.58. The van der Waals surface area contributed by atoms with E-state index in [1.807, 2.05) is 0 Å². The lowest BCUT2D eigenvalue weighted by molar-refractivity contribution is -0.371. The third-order valence-electron chi connectivity index (χ3n) is 21.6. The first-order valence-corrected chi connectivity index (χ1v) is 30.2. The van der Waals surface area contributed by atoms with Gasteiger partial charge in [-0.25, -0.2) is 0 Å². The Morgan fingerprint density at radius 3 is 2.03 bits per heavy atom. The molecule has 16 aliphatic heterocycles. The van der Waals surface area contributed by atoms with Crippen LogP contribution in [-0.4, -0.2) is 186 Å². The monoisotopic (exact) mass is 1090 g/mol. The number of carbonyl (C=O) groups excluding carboxylic acids is 1. The molecule has 2 unspecified atom stereocenters. The fourth-order valence-corrected chi connectivity index (χ4v) is 18.0. The first-order chi connectivity index (χ1) is 37.4. The van der Waals surface area contributed by atoms with Crippen molar-refractivity contribution in [2.24, 2.45) is 23.7 Å². The molecule has 432 valence electrons. The van der Waals surface area contributed by atoms with Gasteiger partial charge in [-0.2, -0.15) is 0 Å². The summed E-state index contributed by atoms with van der Waals surface area (Å²) in [6.07, 6.45) is 1.76. The van der Waals surface area contributed by atoms with Crippen LogP contribution in [0.1, 0.15) is 143 Å². The maximum atomic E-state index is 14.6. The van der Waals surface area contributed by atoms with Gasteiger partial charge in [0, 0.05) is 63.7 Å². The molecule has 0 radical (unpaired) electrons. The number of aliphatic hydroxyl groups is 1. The largest absolute Gasteiger partial charge is 0.481 e. The number of aliphatic carboxylic acids is 1. The lowest BCUT2D eigenvalue weighted by atomic mass is 9.78. The summed E-state index contributed by atoms with van der Waals surface area (Å²) in [5.74, 6) is -3.99. The molecular formula is C59H82O19. The molecule has 78 heavy (non-hydrogen) atoms. The second kappa shape index (κ2) is 19.4. The second-order valence-electron chi connectivity index (χ2n) is 27.1. The summed E-state index contributed by atoms with van der Waals surface area (Å²) in [4.78, 5) is 26.1. The van der Waals surface area contributed by atoms with Crippen molar-refractivity contribution in [3.05, 3.63) is 24.3 Å². The predicted molar refractivity (Wildman–Crippen MR) is 268 cm³/mol.